The fraction of sp³-hybridized carbons (Fsp3) is 0.458. The molecule has 2 fully saturated rings. The van der Waals surface area contributed by atoms with Crippen LogP contribution in [0.1, 0.15) is 36.3 Å². The van der Waals surface area contributed by atoms with Crippen LogP contribution in [-0.4, -0.2) is 42.0 Å². The van der Waals surface area contributed by atoms with Gasteiger partial charge < -0.3 is 14.6 Å². The highest BCUT2D eigenvalue weighted by atomic mass is 19.4. The maximum absolute atomic E-state index is 12.6. The van der Waals surface area contributed by atoms with Crippen molar-refractivity contribution in [1.29, 1.82) is 0 Å². The minimum Gasteiger partial charge on any atom is -0.493 e. The maximum atomic E-state index is 12.6. The van der Waals surface area contributed by atoms with Crippen molar-refractivity contribution in [3.8, 4) is 11.5 Å². The Hall–Kier alpha value is -2.74. The summed E-state index contributed by atoms with van der Waals surface area (Å²) in [6, 6.07) is 13.9. The smallest absolute Gasteiger partial charge is 0.493 e. The molecule has 1 atom stereocenters. The second-order valence-electron chi connectivity index (χ2n) is 8.64. The average molecular weight is 449 g/mol. The van der Waals surface area contributed by atoms with Crippen molar-refractivity contribution in [3.05, 3.63) is 59.7 Å². The van der Waals surface area contributed by atoms with Gasteiger partial charge in [-0.05, 0) is 48.4 Å². The molecule has 1 saturated carbocycles. The fourth-order valence-electron chi connectivity index (χ4n) is 4.30. The zero-order valence-electron chi connectivity index (χ0n) is 17.6. The van der Waals surface area contributed by atoms with Gasteiger partial charge in [0, 0.05) is 31.1 Å². The molecule has 0 spiro atoms. The number of hydrogen-bond donors (Lipinski definition) is 1. The number of rotatable bonds is 10. The van der Waals surface area contributed by atoms with Crippen LogP contribution in [0, 0.1) is 11.8 Å². The predicted molar refractivity (Wildman–Crippen MR) is 112 cm³/mol. The molecule has 32 heavy (non-hydrogen) atoms. The van der Waals surface area contributed by atoms with E-state index in [1.165, 1.54) is 12.1 Å². The van der Waals surface area contributed by atoms with E-state index in [9.17, 15) is 23.1 Å². The Labute approximate surface area is 184 Å². The van der Waals surface area contributed by atoms with Crippen molar-refractivity contribution in [1.82, 2.24) is 4.90 Å². The first kappa shape index (κ1) is 22.5. The average Bonchev–Trinajstić information content (AvgIpc) is 3.53. The first-order valence-electron chi connectivity index (χ1n) is 10.8. The number of nitrogens with zero attached hydrogens (tertiary/aromatic N) is 1. The molecule has 1 aliphatic carbocycles. The first-order chi connectivity index (χ1) is 15.3. The molecule has 8 heteroatoms. The summed E-state index contributed by atoms with van der Waals surface area (Å²) in [5.74, 6) is 0.515. The second kappa shape index (κ2) is 9.40. The molecule has 2 aliphatic rings. The van der Waals surface area contributed by atoms with E-state index >= 15 is 0 Å². The summed E-state index contributed by atoms with van der Waals surface area (Å²) in [4.78, 5) is 13.3. The van der Waals surface area contributed by atoms with Crippen molar-refractivity contribution in [2.24, 2.45) is 11.8 Å². The SMILES string of the molecule is O=C(O)CC(c1cccc(OCC2CN(Cc3ccccc3OC(F)(F)F)C2)c1)C1CC1. The van der Waals surface area contributed by atoms with Crippen LogP contribution in [0.3, 0.4) is 0 Å². The molecule has 1 aliphatic heterocycles. The van der Waals surface area contributed by atoms with Gasteiger partial charge in [-0.25, -0.2) is 0 Å². The van der Waals surface area contributed by atoms with Gasteiger partial charge in [-0.1, -0.05) is 30.3 Å². The number of para-hydroxylation sites is 1. The summed E-state index contributed by atoms with van der Waals surface area (Å²) >= 11 is 0. The summed E-state index contributed by atoms with van der Waals surface area (Å²) in [6.07, 6.45) is -2.44. The molecule has 0 aromatic heterocycles. The molecule has 0 bridgehead atoms. The van der Waals surface area contributed by atoms with Crippen LogP contribution in [0.25, 0.3) is 0 Å². The number of halogens is 3. The third-order valence-corrected chi connectivity index (χ3v) is 5.98. The Bertz CT molecular complexity index is 939. The van der Waals surface area contributed by atoms with Gasteiger partial charge in [-0.15, -0.1) is 13.2 Å². The van der Waals surface area contributed by atoms with Crippen molar-refractivity contribution in [2.75, 3.05) is 19.7 Å². The third kappa shape index (κ3) is 6.16. The van der Waals surface area contributed by atoms with Gasteiger partial charge in [0.25, 0.3) is 0 Å². The number of carboxylic acids is 1. The number of likely N-dealkylation sites (tertiary alicyclic amines) is 1. The van der Waals surface area contributed by atoms with Gasteiger partial charge >= 0.3 is 12.3 Å². The number of carboxylic acid groups (broad SMARTS) is 1. The van der Waals surface area contributed by atoms with Gasteiger partial charge in [0.05, 0.1) is 13.0 Å². The zero-order valence-corrected chi connectivity index (χ0v) is 17.6. The molecule has 4 rings (SSSR count). The maximum Gasteiger partial charge on any atom is 0.573 e. The van der Waals surface area contributed by atoms with Gasteiger partial charge in [0.15, 0.2) is 0 Å². The molecule has 2 aromatic carbocycles. The van der Waals surface area contributed by atoms with Crippen molar-refractivity contribution in [2.45, 2.75) is 38.1 Å². The van der Waals surface area contributed by atoms with Gasteiger partial charge in [0.2, 0.25) is 0 Å². The normalized spacial score (nSPS) is 18.1. The molecule has 1 heterocycles. The number of alkyl halides is 3. The van der Waals surface area contributed by atoms with E-state index in [0.29, 0.717) is 24.6 Å². The van der Waals surface area contributed by atoms with E-state index in [1.54, 1.807) is 12.1 Å². The quantitative estimate of drug-likeness (QED) is 0.549. The Morgan fingerprint density at radius 3 is 2.56 bits per heavy atom. The van der Waals surface area contributed by atoms with E-state index in [-0.39, 0.29) is 24.0 Å². The van der Waals surface area contributed by atoms with Gasteiger partial charge in [0.1, 0.15) is 11.5 Å². The lowest BCUT2D eigenvalue weighted by Crippen LogP contribution is -2.48. The lowest BCUT2D eigenvalue weighted by Gasteiger charge is -2.39. The summed E-state index contributed by atoms with van der Waals surface area (Å²) in [7, 11) is 0. The largest absolute Gasteiger partial charge is 0.573 e. The van der Waals surface area contributed by atoms with Crippen LogP contribution in [0.2, 0.25) is 0 Å². The minimum absolute atomic E-state index is 0.0224. The van der Waals surface area contributed by atoms with E-state index in [1.807, 2.05) is 24.3 Å². The van der Waals surface area contributed by atoms with Crippen LogP contribution in [0.5, 0.6) is 11.5 Å². The molecular weight excluding hydrogens is 423 g/mol. The standard InChI is InChI=1S/C24H26F3NO4/c25-24(26,27)32-22-7-2-1-4-19(22)14-28-12-16(13-28)15-31-20-6-3-5-18(10-20)21(11-23(29)30)17-8-9-17/h1-7,10,16-17,21H,8-9,11-15H2,(H,29,30). The van der Waals surface area contributed by atoms with Crippen molar-refractivity contribution in [3.63, 3.8) is 0 Å². The first-order valence-corrected chi connectivity index (χ1v) is 10.8. The minimum atomic E-state index is -4.71. The molecule has 1 saturated heterocycles. The molecular formula is C24H26F3NO4. The van der Waals surface area contributed by atoms with Gasteiger partial charge in [-0.3, -0.25) is 9.69 Å². The second-order valence-corrected chi connectivity index (χ2v) is 8.64. The van der Waals surface area contributed by atoms with E-state index < -0.39 is 12.3 Å². The van der Waals surface area contributed by atoms with E-state index in [4.69, 9.17) is 4.74 Å². The van der Waals surface area contributed by atoms with Crippen LogP contribution >= 0.6 is 0 Å². The molecule has 1 N–H and O–H groups in total. The summed E-state index contributed by atoms with van der Waals surface area (Å²) in [5, 5.41) is 9.21. The number of aliphatic carboxylic acids is 1. The Kier molecular flexibility index (Phi) is 6.60. The van der Waals surface area contributed by atoms with Crippen LogP contribution < -0.4 is 9.47 Å². The summed E-state index contributed by atoms with van der Waals surface area (Å²) < 4.78 is 47.8. The Morgan fingerprint density at radius 1 is 1.12 bits per heavy atom. The summed E-state index contributed by atoms with van der Waals surface area (Å²) in [6.45, 7) is 2.34. The molecule has 5 nitrogen and oxygen atoms in total. The van der Waals surface area contributed by atoms with E-state index in [0.717, 1.165) is 37.2 Å². The van der Waals surface area contributed by atoms with Crippen LogP contribution in [0.15, 0.2) is 48.5 Å². The van der Waals surface area contributed by atoms with Gasteiger partial charge in [-0.2, -0.15) is 0 Å². The predicted octanol–water partition coefficient (Wildman–Crippen LogP) is 5.06. The summed E-state index contributed by atoms with van der Waals surface area (Å²) in [5.41, 5.74) is 1.50. The van der Waals surface area contributed by atoms with E-state index in [2.05, 4.69) is 9.64 Å². The lowest BCUT2D eigenvalue weighted by molar-refractivity contribution is -0.275. The molecule has 172 valence electrons. The molecule has 1 unspecified atom stereocenters. The fourth-order valence-corrected chi connectivity index (χ4v) is 4.30. The van der Waals surface area contributed by atoms with Crippen molar-refractivity contribution >= 4 is 5.97 Å². The monoisotopic (exact) mass is 449 g/mol. The third-order valence-electron chi connectivity index (χ3n) is 5.98. The Morgan fingerprint density at radius 2 is 1.88 bits per heavy atom. The highest BCUT2D eigenvalue weighted by molar-refractivity contribution is 5.68. The van der Waals surface area contributed by atoms with Crippen LogP contribution in [0.4, 0.5) is 13.2 Å². The lowest BCUT2D eigenvalue weighted by atomic mass is 9.91. The molecule has 0 amide bonds. The topological polar surface area (TPSA) is 59.0 Å². The zero-order chi connectivity index (χ0) is 22.7. The number of carbonyl (C=O) groups is 1. The molecule has 0 radical (unpaired) electrons. The van der Waals surface area contributed by atoms with Crippen molar-refractivity contribution < 1.29 is 32.5 Å². The number of ether oxygens (including phenoxy) is 2. The highest BCUT2D eigenvalue weighted by Crippen LogP contribution is 2.45. The van der Waals surface area contributed by atoms with Crippen LogP contribution in [-0.2, 0) is 11.3 Å². The molecule has 2 aromatic rings. The highest BCUT2D eigenvalue weighted by Gasteiger charge is 2.35. The number of hydrogen-bond acceptors (Lipinski definition) is 4. The Balaban J connectivity index is 1.27. The number of benzene rings is 2.